The quantitative estimate of drug-likeness (QED) is 0.536. The molecule has 0 fully saturated rings. The van der Waals surface area contributed by atoms with E-state index in [1.807, 2.05) is 0 Å². The van der Waals surface area contributed by atoms with Gasteiger partial charge in [-0.25, -0.2) is 15.0 Å². The largest absolute Gasteiger partial charge is 0.382 e. The third-order valence-corrected chi connectivity index (χ3v) is 2.24. The molecule has 3 N–H and O–H groups in total. The lowest BCUT2D eigenvalue weighted by Gasteiger charge is -1.89. The van der Waals surface area contributed by atoms with Gasteiger partial charge >= 0.3 is 0 Å². The number of fused-ring (bicyclic) bond motifs is 1. The van der Waals surface area contributed by atoms with Gasteiger partial charge in [0.05, 0.1) is 0 Å². The number of nitrogen functional groups attached to an aromatic ring is 1. The zero-order valence-electron chi connectivity index (χ0n) is 7.40. The van der Waals surface area contributed by atoms with E-state index in [0.717, 1.165) is 0 Å². The summed E-state index contributed by atoms with van der Waals surface area (Å²) in [4.78, 5) is 15.0. The third kappa shape index (κ3) is 1.49. The number of thioether (sulfide) groups is 1. The van der Waals surface area contributed by atoms with Gasteiger partial charge in [0, 0.05) is 11.8 Å². The highest BCUT2D eigenvalue weighted by Gasteiger charge is 2.06. The van der Waals surface area contributed by atoms with Crippen LogP contribution in [0.2, 0.25) is 0 Å². The Balaban J connectivity index is 2.49. The van der Waals surface area contributed by atoms with Crippen molar-refractivity contribution in [3.8, 4) is 11.2 Å². The van der Waals surface area contributed by atoms with Gasteiger partial charge in [0.15, 0.2) is 16.6 Å². The predicted molar refractivity (Wildman–Crippen MR) is 55.4 cm³/mol. The van der Waals surface area contributed by atoms with Crippen LogP contribution in [0.15, 0.2) is 11.5 Å². The van der Waals surface area contributed by atoms with Crippen LogP contribution in [0.1, 0.15) is 6.92 Å². The van der Waals surface area contributed by atoms with Crippen molar-refractivity contribution < 1.29 is 0 Å². The molecule has 70 valence electrons. The molecule has 0 spiro atoms. The van der Waals surface area contributed by atoms with Crippen LogP contribution in [0.3, 0.4) is 0 Å². The Hall–Kier alpha value is -1.74. The average molecular weight is 205 g/mol. The summed E-state index contributed by atoms with van der Waals surface area (Å²) >= 11 is 1.30. The first-order valence-corrected chi connectivity index (χ1v) is 4.67. The Labute approximate surface area is 84.5 Å². The number of hydrogen-bond donors (Lipinski definition) is 2. The second kappa shape index (κ2) is 3.55. The van der Waals surface area contributed by atoms with Crippen molar-refractivity contribution in [2.75, 3.05) is 5.73 Å². The predicted octanol–water partition coefficient (Wildman–Crippen LogP) is 1.01. The molecule has 2 rings (SSSR count). The van der Waals surface area contributed by atoms with E-state index in [-0.39, 0.29) is 0 Å². The molecule has 0 aromatic carbocycles. The van der Waals surface area contributed by atoms with Crippen LogP contribution in [-0.4, -0.2) is 19.9 Å². The van der Waals surface area contributed by atoms with Gasteiger partial charge < -0.3 is 10.7 Å². The number of nitrogens with one attached hydrogen (secondary N) is 1. The molecular weight excluding hydrogens is 198 g/mol. The first-order chi connectivity index (χ1) is 6.81. The fourth-order valence-corrected chi connectivity index (χ4v) is 1.46. The van der Waals surface area contributed by atoms with Crippen LogP contribution in [0, 0.1) is 11.2 Å². The SMILES string of the molecule is CC#CSc1nc2ncnc(N)c2[nH]1. The number of aromatic amines is 1. The smallest absolute Gasteiger partial charge is 0.183 e. The number of anilines is 1. The second-order valence-electron chi connectivity index (χ2n) is 2.45. The molecule has 2 aromatic rings. The summed E-state index contributed by atoms with van der Waals surface area (Å²) in [5.74, 6) is 3.16. The maximum absolute atomic E-state index is 5.63. The Bertz CT molecular complexity index is 521. The Kier molecular flexibility index (Phi) is 2.24. The number of aromatic nitrogens is 4. The van der Waals surface area contributed by atoms with Gasteiger partial charge in [-0.2, -0.15) is 0 Å². The lowest BCUT2D eigenvalue weighted by molar-refractivity contribution is 1.08. The molecule has 0 saturated carbocycles. The minimum Gasteiger partial charge on any atom is -0.382 e. The molecular formula is C8H7N5S. The van der Waals surface area contributed by atoms with E-state index in [2.05, 4.69) is 31.1 Å². The molecule has 0 aliphatic carbocycles. The van der Waals surface area contributed by atoms with E-state index in [1.165, 1.54) is 18.1 Å². The van der Waals surface area contributed by atoms with Crippen LogP contribution < -0.4 is 5.73 Å². The summed E-state index contributed by atoms with van der Waals surface area (Å²) in [5.41, 5.74) is 6.86. The third-order valence-electron chi connectivity index (χ3n) is 1.55. The molecule has 5 nitrogen and oxygen atoms in total. The maximum Gasteiger partial charge on any atom is 0.183 e. The van der Waals surface area contributed by atoms with E-state index >= 15 is 0 Å². The van der Waals surface area contributed by atoms with Crippen molar-refractivity contribution in [3.63, 3.8) is 0 Å². The van der Waals surface area contributed by atoms with Gasteiger partial charge in [-0.3, -0.25) is 0 Å². The summed E-state index contributed by atoms with van der Waals surface area (Å²) in [6.45, 7) is 1.77. The van der Waals surface area contributed by atoms with Crippen molar-refractivity contribution in [2.24, 2.45) is 0 Å². The minimum absolute atomic E-state index is 0.402. The highest BCUT2D eigenvalue weighted by molar-refractivity contribution is 8.03. The van der Waals surface area contributed by atoms with Crippen molar-refractivity contribution in [2.45, 2.75) is 12.1 Å². The minimum atomic E-state index is 0.402. The van der Waals surface area contributed by atoms with Crippen molar-refractivity contribution in [1.82, 2.24) is 19.9 Å². The Morgan fingerprint density at radius 1 is 1.50 bits per heavy atom. The first-order valence-electron chi connectivity index (χ1n) is 3.86. The average Bonchev–Trinajstić information content (AvgIpc) is 2.59. The maximum atomic E-state index is 5.63. The van der Waals surface area contributed by atoms with Crippen LogP contribution in [-0.2, 0) is 0 Å². The highest BCUT2D eigenvalue weighted by Crippen LogP contribution is 2.19. The Morgan fingerprint density at radius 3 is 3.07 bits per heavy atom. The molecule has 14 heavy (non-hydrogen) atoms. The molecule has 6 heteroatoms. The lowest BCUT2D eigenvalue weighted by atomic mass is 10.5. The van der Waals surface area contributed by atoms with E-state index < -0.39 is 0 Å². The highest BCUT2D eigenvalue weighted by atomic mass is 32.2. The second-order valence-corrected chi connectivity index (χ2v) is 3.25. The van der Waals surface area contributed by atoms with Crippen molar-refractivity contribution in [3.05, 3.63) is 6.33 Å². The summed E-state index contributed by atoms with van der Waals surface area (Å²) in [7, 11) is 0. The van der Waals surface area contributed by atoms with Gasteiger partial charge in [0.25, 0.3) is 0 Å². The molecule has 2 aromatic heterocycles. The van der Waals surface area contributed by atoms with Gasteiger partial charge in [-0.05, 0) is 12.2 Å². The number of nitrogens with zero attached hydrogens (tertiary/aromatic N) is 3. The number of rotatable bonds is 1. The zero-order valence-corrected chi connectivity index (χ0v) is 8.22. The first kappa shape index (κ1) is 8.84. The van der Waals surface area contributed by atoms with Crippen LogP contribution in [0.25, 0.3) is 11.2 Å². The van der Waals surface area contributed by atoms with Crippen molar-refractivity contribution >= 4 is 28.7 Å². The summed E-state index contributed by atoms with van der Waals surface area (Å²) in [6, 6.07) is 0. The number of imidazole rings is 1. The van der Waals surface area contributed by atoms with E-state index in [4.69, 9.17) is 5.73 Å². The number of H-pyrrole nitrogens is 1. The molecule has 0 aliphatic rings. The van der Waals surface area contributed by atoms with Gasteiger partial charge in [-0.15, -0.1) is 0 Å². The molecule has 0 atom stereocenters. The Morgan fingerprint density at radius 2 is 2.36 bits per heavy atom. The van der Waals surface area contributed by atoms with Gasteiger partial charge in [-0.1, -0.05) is 5.92 Å². The van der Waals surface area contributed by atoms with Crippen LogP contribution in [0.4, 0.5) is 5.82 Å². The molecule has 2 heterocycles. The van der Waals surface area contributed by atoms with E-state index in [9.17, 15) is 0 Å². The van der Waals surface area contributed by atoms with Crippen LogP contribution in [0.5, 0.6) is 0 Å². The van der Waals surface area contributed by atoms with Crippen molar-refractivity contribution in [1.29, 1.82) is 0 Å². The van der Waals surface area contributed by atoms with E-state index in [1.54, 1.807) is 6.92 Å². The monoisotopic (exact) mass is 205 g/mol. The zero-order chi connectivity index (χ0) is 9.97. The molecule has 0 unspecified atom stereocenters. The van der Waals surface area contributed by atoms with Gasteiger partial charge in [0.2, 0.25) is 0 Å². The van der Waals surface area contributed by atoms with Gasteiger partial charge in [0.1, 0.15) is 11.8 Å². The number of hydrogen-bond acceptors (Lipinski definition) is 5. The standard InChI is InChI=1S/C8H7N5S/c1-2-3-14-8-12-5-6(9)10-4-11-7(5)13-8/h4H,1H3,(H3,9,10,11,12,13). The molecule has 0 saturated heterocycles. The fourth-order valence-electron chi connectivity index (χ4n) is 0.973. The summed E-state index contributed by atoms with van der Waals surface area (Å²) in [6.07, 6.45) is 1.39. The molecule has 0 radical (unpaired) electrons. The summed E-state index contributed by atoms with van der Waals surface area (Å²) < 4.78 is 0. The lowest BCUT2D eigenvalue weighted by Crippen LogP contribution is -1.91. The normalized spacial score (nSPS) is 9.79. The topological polar surface area (TPSA) is 80.5 Å². The molecule has 0 aliphatic heterocycles. The molecule has 0 amide bonds. The van der Waals surface area contributed by atoms with E-state index in [0.29, 0.717) is 22.1 Å². The summed E-state index contributed by atoms with van der Waals surface area (Å²) in [5, 5.41) is 3.51. The fraction of sp³-hybridized carbons (Fsp3) is 0.125. The molecule has 0 bridgehead atoms. The number of nitrogens with two attached hydrogens (primary N) is 1. The van der Waals surface area contributed by atoms with Crippen LogP contribution >= 0.6 is 11.8 Å².